The minimum absolute atomic E-state index is 0.0557. The zero-order chi connectivity index (χ0) is 13.0. The standard InChI is InChI=1S/C14H16ClNOS/c1-10(12-7-14(15)18-9-12)16-13(8-17)11-5-3-2-4-6-11/h2-7,9-10,13,16-17H,8H2,1H3. The van der Waals surface area contributed by atoms with Crippen molar-refractivity contribution in [2.24, 2.45) is 0 Å². The highest BCUT2D eigenvalue weighted by Crippen LogP contribution is 2.26. The number of nitrogens with one attached hydrogen (secondary N) is 1. The molecule has 4 heteroatoms. The van der Waals surface area contributed by atoms with Crippen molar-refractivity contribution in [3.05, 3.63) is 57.2 Å². The van der Waals surface area contributed by atoms with E-state index < -0.39 is 0 Å². The summed E-state index contributed by atoms with van der Waals surface area (Å²) in [5.41, 5.74) is 2.24. The van der Waals surface area contributed by atoms with E-state index in [9.17, 15) is 5.11 Å². The molecule has 0 spiro atoms. The van der Waals surface area contributed by atoms with E-state index in [0.717, 1.165) is 15.5 Å². The lowest BCUT2D eigenvalue weighted by Crippen LogP contribution is -2.27. The summed E-state index contributed by atoms with van der Waals surface area (Å²) in [5, 5.41) is 14.9. The molecule has 2 nitrogen and oxygen atoms in total. The number of aliphatic hydroxyl groups excluding tert-OH is 1. The van der Waals surface area contributed by atoms with Gasteiger partial charge in [0.1, 0.15) is 0 Å². The predicted octanol–water partition coefficient (Wildman–Crippen LogP) is 3.79. The molecule has 2 N–H and O–H groups in total. The monoisotopic (exact) mass is 281 g/mol. The van der Waals surface area contributed by atoms with Crippen molar-refractivity contribution in [1.29, 1.82) is 0 Å². The van der Waals surface area contributed by atoms with E-state index in [4.69, 9.17) is 11.6 Å². The Morgan fingerprint density at radius 1 is 1.28 bits per heavy atom. The summed E-state index contributed by atoms with van der Waals surface area (Å²) in [7, 11) is 0. The summed E-state index contributed by atoms with van der Waals surface area (Å²) in [6.45, 7) is 2.15. The summed E-state index contributed by atoms with van der Waals surface area (Å²) in [5.74, 6) is 0. The van der Waals surface area contributed by atoms with Gasteiger partial charge in [0.15, 0.2) is 0 Å². The van der Waals surface area contributed by atoms with E-state index in [1.54, 1.807) is 0 Å². The van der Waals surface area contributed by atoms with Crippen LogP contribution in [0, 0.1) is 0 Å². The number of aliphatic hydroxyl groups is 1. The lowest BCUT2D eigenvalue weighted by atomic mass is 10.1. The normalized spacial score (nSPS) is 14.4. The molecule has 0 aliphatic heterocycles. The van der Waals surface area contributed by atoms with Gasteiger partial charge in [0, 0.05) is 6.04 Å². The lowest BCUT2D eigenvalue weighted by Gasteiger charge is -2.21. The van der Waals surface area contributed by atoms with E-state index >= 15 is 0 Å². The van der Waals surface area contributed by atoms with E-state index in [0.29, 0.717) is 0 Å². The SMILES string of the molecule is CC(NC(CO)c1ccccc1)c1csc(Cl)c1. The van der Waals surface area contributed by atoms with E-state index in [1.807, 2.05) is 41.8 Å². The van der Waals surface area contributed by atoms with Gasteiger partial charge in [-0.25, -0.2) is 0 Å². The van der Waals surface area contributed by atoms with Gasteiger partial charge in [0.25, 0.3) is 0 Å². The fourth-order valence-electron chi connectivity index (χ4n) is 1.89. The molecule has 0 radical (unpaired) electrons. The van der Waals surface area contributed by atoms with Gasteiger partial charge < -0.3 is 10.4 Å². The molecular weight excluding hydrogens is 266 g/mol. The molecule has 1 aromatic heterocycles. The van der Waals surface area contributed by atoms with E-state index in [-0.39, 0.29) is 18.7 Å². The van der Waals surface area contributed by atoms with Crippen LogP contribution < -0.4 is 5.32 Å². The number of rotatable bonds is 5. The Kier molecular flexibility index (Phi) is 4.78. The lowest BCUT2D eigenvalue weighted by molar-refractivity contribution is 0.235. The molecule has 18 heavy (non-hydrogen) atoms. The summed E-state index contributed by atoms with van der Waals surface area (Å²) in [4.78, 5) is 0. The Morgan fingerprint density at radius 2 is 2.00 bits per heavy atom. The highest BCUT2D eigenvalue weighted by atomic mass is 35.5. The Hall–Kier alpha value is -0.870. The van der Waals surface area contributed by atoms with Gasteiger partial charge in [-0.3, -0.25) is 0 Å². The van der Waals surface area contributed by atoms with Crippen molar-refractivity contribution >= 4 is 22.9 Å². The molecule has 2 unspecified atom stereocenters. The van der Waals surface area contributed by atoms with Crippen molar-refractivity contribution in [2.45, 2.75) is 19.0 Å². The van der Waals surface area contributed by atoms with Crippen LogP contribution in [0.25, 0.3) is 0 Å². The van der Waals surface area contributed by atoms with Crippen molar-refractivity contribution in [2.75, 3.05) is 6.61 Å². The Bertz CT molecular complexity index is 486. The smallest absolute Gasteiger partial charge is 0.0931 e. The van der Waals surface area contributed by atoms with Crippen LogP contribution in [-0.2, 0) is 0 Å². The van der Waals surface area contributed by atoms with Gasteiger partial charge in [0.2, 0.25) is 0 Å². The average Bonchev–Trinajstić information content (AvgIpc) is 2.83. The topological polar surface area (TPSA) is 32.3 Å². The molecule has 0 saturated carbocycles. The molecule has 2 aromatic rings. The molecule has 0 saturated heterocycles. The maximum Gasteiger partial charge on any atom is 0.0931 e. The number of hydrogen-bond donors (Lipinski definition) is 2. The highest BCUT2D eigenvalue weighted by Gasteiger charge is 2.15. The largest absolute Gasteiger partial charge is 0.394 e. The van der Waals surface area contributed by atoms with Crippen LogP contribution in [0.3, 0.4) is 0 Å². The first-order valence-corrected chi connectivity index (χ1v) is 7.12. The first-order chi connectivity index (χ1) is 8.70. The van der Waals surface area contributed by atoms with Crippen molar-refractivity contribution in [3.8, 4) is 0 Å². The highest BCUT2D eigenvalue weighted by molar-refractivity contribution is 7.14. The van der Waals surface area contributed by atoms with Crippen molar-refractivity contribution < 1.29 is 5.11 Å². The van der Waals surface area contributed by atoms with Crippen LogP contribution >= 0.6 is 22.9 Å². The van der Waals surface area contributed by atoms with Gasteiger partial charge in [-0.15, -0.1) is 11.3 Å². The average molecular weight is 282 g/mol. The zero-order valence-corrected chi connectivity index (χ0v) is 11.7. The van der Waals surface area contributed by atoms with Crippen LogP contribution in [0.5, 0.6) is 0 Å². The molecule has 1 heterocycles. The zero-order valence-electron chi connectivity index (χ0n) is 10.1. The second-order valence-corrected chi connectivity index (χ2v) is 5.76. The molecule has 0 aliphatic rings. The quantitative estimate of drug-likeness (QED) is 0.874. The Morgan fingerprint density at radius 3 is 2.56 bits per heavy atom. The number of hydrogen-bond acceptors (Lipinski definition) is 3. The van der Waals surface area contributed by atoms with Crippen molar-refractivity contribution in [1.82, 2.24) is 5.32 Å². The number of benzene rings is 1. The molecule has 2 atom stereocenters. The number of thiophene rings is 1. The fraction of sp³-hybridized carbons (Fsp3) is 0.286. The van der Waals surface area contributed by atoms with Gasteiger partial charge >= 0.3 is 0 Å². The molecule has 1 aromatic carbocycles. The molecule has 0 bridgehead atoms. The van der Waals surface area contributed by atoms with Crippen molar-refractivity contribution in [3.63, 3.8) is 0 Å². The first kappa shape index (κ1) is 13.6. The fourth-order valence-corrected chi connectivity index (χ4v) is 2.87. The third kappa shape index (κ3) is 3.33. The first-order valence-electron chi connectivity index (χ1n) is 5.86. The molecule has 0 fully saturated rings. The van der Waals surface area contributed by atoms with Gasteiger partial charge in [-0.1, -0.05) is 41.9 Å². The van der Waals surface area contributed by atoms with Gasteiger partial charge in [-0.2, -0.15) is 0 Å². The maximum absolute atomic E-state index is 9.49. The van der Waals surface area contributed by atoms with Gasteiger partial charge in [-0.05, 0) is 29.5 Å². The van der Waals surface area contributed by atoms with Crippen LogP contribution in [0.1, 0.15) is 30.1 Å². The molecule has 96 valence electrons. The summed E-state index contributed by atoms with van der Waals surface area (Å²) < 4.78 is 0.791. The van der Waals surface area contributed by atoms with Crippen LogP contribution in [0.2, 0.25) is 4.34 Å². The minimum Gasteiger partial charge on any atom is -0.394 e. The molecule has 0 aliphatic carbocycles. The van der Waals surface area contributed by atoms with Crippen LogP contribution in [0.4, 0.5) is 0 Å². The Labute approximate surface area is 116 Å². The molecule has 2 rings (SSSR count). The van der Waals surface area contributed by atoms with Crippen LogP contribution in [-0.4, -0.2) is 11.7 Å². The molecular formula is C14H16ClNOS. The van der Waals surface area contributed by atoms with E-state index in [2.05, 4.69) is 12.2 Å². The third-order valence-electron chi connectivity index (χ3n) is 2.92. The predicted molar refractivity (Wildman–Crippen MR) is 77.1 cm³/mol. The molecule has 0 amide bonds. The van der Waals surface area contributed by atoms with E-state index in [1.165, 1.54) is 11.3 Å². The van der Waals surface area contributed by atoms with Crippen LogP contribution in [0.15, 0.2) is 41.8 Å². The minimum atomic E-state index is -0.0557. The Balaban J connectivity index is 2.07. The second-order valence-electron chi connectivity index (χ2n) is 4.22. The number of halogens is 1. The summed E-state index contributed by atoms with van der Waals surface area (Å²) in [6.07, 6.45) is 0. The second kappa shape index (κ2) is 6.34. The summed E-state index contributed by atoms with van der Waals surface area (Å²) >= 11 is 7.46. The summed E-state index contributed by atoms with van der Waals surface area (Å²) in [6, 6.07) is 12.0. The maximum atomic E-state index is 9.49. The van der Waals surface area contributed by atoms with Gasteiger partial charge in [0.05, 0.1) is 17.0 Å². The third-order valence-corrected chi connectivity index (χ3v) is 4.03.